The van der Waals surface area contributed by atoms with Crippen LogP contribution in [0.5, 0.6) is 5.75 Å². The molecule has 1 radical (unpaired) electrons. The van der Waals surface area contributed by atoms with Crippen LogP contribution in [0.15, 0.2) is 41.3 Å². The van der Waals surface area contributed by atoms with Crippen molar-refractivity contribution in [1.82, 2.24) is 14.9 Å². The molecular formula is C22H26N3O2. The van der Waals surface area contributed by atoms with E-state index in [9.17, 15) is 4.79 Å². The number of nitrogens with one attached hydrogen (secondary N) is 2. The highest BCUT2D eigenvalue weighted by Gasteiger charge is 2.24. The van der Waals surface area contributed by atoms with Crippen molar-refractivity contribution in [3.8, 4) is 17.0 Å². The van der Waals surface area contributed by atoms with Gasteiger partial charge in [-0.25, -0.2) is 0 Å². The largest absolute Gasteiger partial charge is 0.493 e. The van der Waals surface area contributed by atoms with Crippen LogP contribution in [0.1, 0.15) is 26.7 Å². The lowest BCUT2D eigenvalue weighted by Gasteiger charge is -2.29. The number of hydrogen-bond donors (Lipinski definition) is 2. The van der Waals surface area contributed by atoms with Gasteiger partial charge in [-0.2, -0.15) is 0 Å². The molecule has 0 bridgehead atoms. The summed E-state index contributed by atoms with van der Waals surface area (Å²) in [5.74, 6) is 0.857. The van der Waals surface area contributed by atoms with E-state index >= 15 is 0 Å². The molecule has 27 heavy (non-hydrogen) atoms. The topological polar surface area (TPSA) is 61.1 Å². The first kappa shape index (κ1) is 17.9. The van der Waals surface area contributed by atoms with Crippen LogP contribution < -0.4 is 10.3 Å². The van der Waals surface area contributed by atoms with Gasteiger partial charge in [0, 0.05) is 35.1 Å². The predicted octanol–water partition coefficient (Wildman–Crippen LogP) is 3.82. The van der Waals surface area contributed by atoms with Crippen molar-refractivity contribution in [3.05, 3.63) is 52.9 Å². The fourth-order valence-electron chi connectivity index (χ4n) is 3.79. The van der Waals surface area contributed by atoms with Crippen molar-refractivity contribution in [2.45, 2.75) is 26.7 Å². The van der Waals surface area contributed by atoms with Crippen molar-refractivity contribution in [1.29, 1.82) is 0 Å². The number of ether oxygens (including phenoxy) is 1. The molecule has 1 fully saturated rings. The Balaban J connectivity index is 1.48. The second-order valence-corrected chi connectivity index (χ2v) is 8.21. The minimum Gasteiger partial charge on any atom is -0.493 e. The van der Waals surface area contributed by atoms with Crippen LogP contribution in [-0.2, 0) is 0 Å². The average molecular weight is 364 g/mol. The molecule has 0 spiro atoms. The number of fused-ring (bicyclic) bond motifs is 1. The smallest absolute Gasteiger partial charge is 0.257 e. The zero-order valence-corrected chi connectivity index (χ0v) is 16.0. The fraction of sp³-hybridized carbons (Fsp3) is 0.409. The summed E-state index contributed by atoms with van der Waals surface area (Å²) in [5, 5.41) is 1.03. The summed E-state index contributed by atoms with van der Waals surface area (Å²) in [6.07, 6.45) is 4.14. The Hall–Kier alpha value is -2.53. The van der Waals surface area contributed by atoms with E-state index in [4.69, 9.17) is 4.74 Å². The number of hydrogen-bond acceptors (Lipinski definition) is 3. The van der Waals surface area contributed by atoms with Gasteiger partial charge in [-0.1, -0.05) is 13.8 Å². The Bertz CT molecular complexity index is 980. The van der Waals surface area contributed by atoms with E-state index in [0.29, 0.717) is 12.2 Å². The molecule has 0 atom stereocenters. The number of benzene rings is 1. The Labute approximate surface area is 159 Å². The van der Waals surface area contributed by atoms with Gasteiger partial charge < -0.3 is 19.6 Å². The van der Waals surface area contributed by atoms with Crippen molar-refractivity contribution in [2.24, 2.45) is 5.41 Å². The third kappa shape index (κ3) is 4.08. The van der Waals surface area contributed by atoms with Gasteiger partial charge in [-0.3, -0.25) is 4.79 Å². The molecule has 3 heterocycles. The minimum atomic E-state index is -0.125. The Morgan fingerprint density at radius 3 is 2.81 bits per heavy atom. The van der Waals surface area contributed by atoms with Gasteiger partial charge >= 0.3 is 0 Å². The Morgan fingerprint density at radius 1 is 1.22 bits per heavy atom. The minimum absolute atomic E-state index is 0.107. The molecular weight excluding hydrogens is 338 g/mol. The number of pyridine rings is 1. The maximum Gasteiger partial charge on any atom is 0.257 e. The lowest BCUT2D eigenvalue weighted by atomic mass is 9.94. The number of aromatic nitrogens is 2. The summed E-state index contributed by atoms with van der Waals surface area (Å²) in [5.41, 5.74) is 2.34. The second kappa shape index (κ2) is 7.24. The molecule has 1 aliphatic rings. The normalized spacial score (nSPS) is 15.5. The Morgan fingerprint density at radius 2 is 2.04 bits per heavy atom. The zero-order valence-electron chi connectivity index (χ0n) is 16.0. The SMILES string of the molecule is CC(C)(COc1ccc2[nH]c(-c3c[c]c[nH]c3=O)cc2c1)CN1CCCC1. The van der Waals surface area contributed by atoms with E-state index in [0.717, 1.165) is 28.9 Å². The zero-order chi connectivity index (χ0) is 18.9. The molecule has 1 aliphatic heterocycles. The van der Waals surface area contributed by atoms with E-state index in [2.05, 4.69) is 34.8 Å². The van der Waals surface area contributed by atoms with Gasteiger partial charge in [0.15, 0.2) is 0 Å². The molecule has 0 saturated carbocycles. The molecule has 3 aromatic rings. The van der Waals surface area contributed by atoms with Crippen LogP contribution in [0.2, 0.25) is 0 Å². The number of aromatic amines is 2. The van der Waals surface area contributed by atoms with E-state index in [1.54, 1.807) is 6.07 Å². The lowest BCUT2D eigenvalue weighted by Crippen LogP contribution is -2.36. The van der Waals surface area contributed by atoms with Crippen LogP contribution in [0.25, 0.3) is 22.2 Å². The summed E-state index contributed by atoms with van der Waals surface area (Å²) in [6.45, 7) is 8.68. The summed E-state index contributed by atoms with van der Waals surface area (Å²) in [6, 6.07) is 12.6. The Kier molecular flexibility index (Phi) is 4.79. The van der Waals surface area contributed by atoms with Crippen LogP contribution in [0.3, 0.4) is 0 Å². The summed E-state index contributed by atoms with van der Waals surface area (Å²) in [7, 11) is 0. The van der Waals surface area contributed by atoms with Crippen LogP contribution >= 0.6 is 0 Å². The number of rotatable bonds is 6. The van der Waals surface area contributed by atoms with Gasteiger partial charge in [0.1, 0.15) is 5.75 Å². The van der Waals surface area contributed by atoms with E-state index < -0.39 is 0 Å². The van der Waals surface area contributed by atoms with E-state index in [1.165, 1.54) is 32.1 Å². The first-order valence-electron chi connectivity index (χ1n) is 9.57. The molecule has 141 valence electrons. The summed E-state index contributed by atoms with van der Waals surface area (Å²) >= 11 is 0. The van der Waals surface area contributed by atoms with Crippen molar-refractivity contribution >= 4 is 10.9 Å². The van der Waals surface area contributed by atoms with Crippen molar-refractivity contribution < 1.29 is 4.74 Å². The molecule has 2 aromatic heterocycles. The van der Waals surface area contributed by atoms with Crippen molar-refractivity contribution in [2.75, 3.05) is 26.2 Å². The molecule has 1 aromatic carbocycles. The molecule has 5 nitrogen and oxygen atoms in total. The van der Waals surface area contributed by atoms with Gasteiger partial charge in [-0.15, -0.1) is 0 Å². The molecule has 0 amide bonds. The van der Waals surface area contributed by atoms with E-state index in [-0.39, 0.29) is 11.0 Å². The summed E-state index contributed by atoms with van der Waals surface area (Å²) in [4.78, 5) is 20.5. The molecule has 2 N–H and O–H groups in total. The highest BCUT2D eigenvalue weighted by Crippen LogP contribution is 2.27. The standard InChI is InChI=1S/C22H26N3O2/c1-22(2,14-25-10-3-4-11-25)15-27-17-7-8-19-16(12-17)13-20(24-19)18-6-5-9-23-21(18)26/h6-9,12-13,24H,3-4,10-11,14-15H2,1-2H3,(H,23,26). The predicted molar refractivity (Wildman–Crippen MR) is 108 cm³/mol. The third-order valence-electron chi connectivity index (χ3n) is 5.12. The van der Waals surface area contributed by atoms with Crippen LogP contribution in [-0.4, -0.2) is 41.1 Å². The summed E-state index contributed by atoms with van der Waals surface area (Å²) < 4.78 is 6.11. The molecule has 0 aliphatic carbocycles. The van der Waals surface area contributed by atoms with Gasteiger partial charge in [0.05, 0.1) is 17.9 Å². The highest BCUT2D eigenvalue weighted by molar-refractivity contribution is 5.86. The molecule has 1 saturated heterocycles. The number of H-pyrrole nitrogens is 2. The fourth-order valence-corrected chi connectivity index (χ4v) is 3.79. The van der Waals surface area contributed by atoms with Gasteiger partial charge in [0.2, 0.25) is 0 Å². The van der Waals surface area contributed by atoms with Gasteiger partial charge in [0.25, 0.3) is 5.56 Å². The van der Waals surface area contributed by atoms with Crippen LogP contribution in [0.4, 0.5) is 0 Å². The van der Waals surface area contributed by atoms with Crippen molar-refractivity contribution in [3.63, 3.8) is 0 Å². The third-order valence-corrected chi connectivity index (χ3v) is 5.12. The molecule has 5 heteroatoms. The second-order valence-electron chi connectivity index (χ2n) is 8.21. The van der Waals surface area contributed by atoms with E-state index in [1.807, 2.05) is 24.3 Å². The average Bonchev–Trinajstić information content (AvgIpc) is 3.29. The quantitative estimate of drug-likeness (QED) is 0.699. The molecule has 0 unspecified atom stereocenters. The first-order chi connectivity index (χ1) is 13.0. The maximum absolute atomic E-state index is 12.0. The first-order valence-corrected chi connectivity index (χ1v) is 9.57. The monoisotopic (exact) mass is 364 g/mol. The van der Waals surface area contributed by atoms with Gasteiger partial charge in [-0.05, 0) is 56.3 Å². The maximum atomic E-state index is 12.0. The highest BCUT2D eigenvalue weighted by atomic mass is 16.5. The molecule has 4 rings (SSSR count). The number of nitrogens with zero attached hydrogens (tertiary/aromatic N) is 1. The lowest BCUT2D eigenvalue weighted by molar-refractivity contribution is 0.129. The van der Waals surface area contributed by atoms with Crippen LogP contribution in [0, 0.1) is 11.5 Å². The number of likely N-dealkylation sites (tertiary alicyclic amines) is 1.